The second kappa shape index (κ2) is 10.1. The molecule has 34 heavy (non-hydrogen) atoms. The van der Waals surface area contributed by atoms with Crippen molar-refractivity contribution < 1.29 is 9.18 Å². The number of amidine groups is 1. The minimum atomic E-state index is -0.639. The van der Waals surface area contributed by atoms with Gasteiger partial charge in [0, 0.05) is 19.8 Å². The molecule has 12 nitrogen and oxygen atoms in total. The van der Waals surface area contributed by atoms with Crippen LogP contribution in [0.4, 0.5) is 16.0 Å². The van der Waals surface area contributed by atoms with E-state index in [-0.39, 0.29) is 29.7 Å². The van der Waals surface area contributed by atoms with Crippen LogP contribution in [0.25, 0.3) is 11.4 Å². The highest BCUT2D eigenvalue weighted by molar-refractivity contribution is 6.37. The minimum Gasteiger partial charge on any atom is -0.378 e. The molecule has 0 aliphatic carbocycles. The van der Waals surface area contributed by atoms with Crippen LogP contribution in [0.1, 0.15) is 31.9 Å². The summed E-state index contributed by atoms with van der Waals surface area (Å²) in [5, 5.41) is 20.7. The maximum Gasteiger partial charge on any atom is 0.288 e. The highest BCUT2D eigenvalue weighted by Gasteiger charge is 2.15. The van der Waals surface area contributed by atoms with E-state index in [1.807, 2.05) is 20.8 Å². The van der Waals surface area contributed by atoms with Gasteiger partial charge in [0.2, 0.25) is 11.8 Å². The van der Waals surface area contributed by atoms with Crippen LogP contribution in [0, 0.1) is 12.7 Å². The van der Waals surface area contributed by atoms with Gasteiger partial charge in [-0.25, -0.2) is 14.4 Å². The summed E-state index contributed by atoms with van der Waals surface area (Å²) in [4.78, 5) is 24.6. The summed E-state index contributed by atoms with van der Waals surface area (Å²) in [6.07, 6.45) is 4.66. The number of nitrogens with two attached hydrogens (primary N) is 1. The molecule has 0 fully saturated rings. The number of carbonyl (C=O) groups is 1. The summed E-state index contributed by atoms with van der Waals surface area (Å²) in [5.41, 5.74) is 7.35. The van der Waals surface area contributed by atoms with Crippen LogP contribution in [0.15, 0.2) is 46.3 Å². The van der Waals surface area contributed by atoms with Gasteiger partial charge in [0.1, 0.15) is 12.1 Å². The van der Waals surface area contributed by atoms with Crippen LogP contribution in [-0.4, -0.2) is 42.0 Å². The Kier molecular flexibility index (Phi) is 7.24. The highest BCUT2D eigenvalue weighted by Crippen LogP contribution is 2.24. The zero-order valence-electron chi connectivity index (χ0n) is 19.5. The van der Waals surface area contributed by atoms with Gasteiger partial charge in [-0.15, -0.1) is 5.10 Å². The van der Waals surface area contributed by atoms with E-state index in [1.165, 1.54) is 12.4 Å². The van der Waals surface area contributed by atoms with Crippen LogP contribution >= 0.6 is 0 Å². The van der Waals surface area contributed by atoms with Crippen molar-refractivity contribution in [2.24, 2.45) is 28.2 Å². The molecule has 0 saturated heterocycles. The number of carbonyl (C=O) groups excluding carboxylic acids is 1. The third-order valence-electron chi connectivity index (χ3n) is 4.37. The maximum atomic E-state index is 14.9. The number of amides is 1. The number of nitrogens with zero attached hydrogens (tertiary/aromatic N) is 8. The topological polar surface area (TPSA) is 161 Å². The SMILES string of the molecule is Cc1cc(-c2ncnc(Nc3cnn(C)c3)n2)c(F)cc1CNC(=O)C(N)=NN=NC(C)(C)C. The molecule has 0 unspecified atom stereocenters. The van der Waals surface area contributed by atoms with Crippen molar-refractivity contribution in [3.05, 3.63) is 47.8 Å². The van der Waals surface area contributed by atoms with Gasteiger partial charge in [0.05, 0.1) is 23.0 Å². The van der Waals surface area contributed by atoms with Crippen LogP contribution in [-0.2, 0) is 18.4 Å². The Labute approximate surface area is 195 Å². The molecule has 0 aliphatic rings. The number of halogens is 1. The molecule has 2 aromatic heterocycles. The number of benzene rings is 1. The minimum absolute atomic E-state index is 0.0412. The first-order chi connectivity index (χ1) is 16.0. The lowest BCUT2D eigenvalue weighted by molar-refractivity contribution is -0.115. The number of rotatable bonds is 6. The van der Waals surface area contributed by atoms with Crippen LogP contribution in [0.3, 0.4) is 0 Å². The van der Waals surface area contributed by atoms with E-state index in [2.05, 4.69) is 46.1 Å². The molecule has 1 amide bonds. The number of aryl methyl sites for hydroxylation is 2. The Morgan fingerprint density at radius 1 is 1.26 bits per heavy atom. The zero-order chi connectivity index (χ0) is 24.9. The molecule has 3 rings (SSSR count). The summed E-state index contributed by atoms with van der Waals surface area (Å²) in [5.74, 6) is -1.11. The van der Waals surface area contributed by atoms with E-state index >= 15 is 0 Å². The standard InChI is InChI=1S/C21H26FN11O/c1-12-6-15(18-25-11-26-20(29-18)28-14-9-27-33(5)10-14)16(22)7-13(12)8-24-19(34)17(23)30-32-31-21(2,3)4/h6-7,9-11H,8H2,1-5H3,(H,24,34)(H2,23,30,31)(H,25,26,28,29). The summed E-state index contributed by atoms with van der Waals surface area (Å²) in [6, 6.07) is 2.92. The van der Waals surface area contributed by atoms with Gasteiger partial charge in [-0.3, -0.25) is 9.48 Å². The van der Waals surface area contributed by atoms with Crippen molar-refractivity contribution in [1.82, 2.24) is 30.0 Å². The number of hydrogen-bond donors (Lipinski definition) is 3. The van der Waals surface area contributed by atoms with Crippen molar-refractivity contribution in [3.63, 3.8) is 0 Å². The summed E-state index contributed by atoms with van der Waals surface area (Å²) >= 11 is 0. The van der Waals surface area contributed by atoms with Gasteiger partial charge >= 0.3 is 0 Å². The third kappa shape index (κ3) is 6.60. The first kappa shape index (κ1) is 24.4. The van der Waals surface area contributed by atoms with E-state index in [0.29, 0.717) is 11.3 Å². The van der Waals surface area contributed by atoms with E-state index in [4.69, 9.17) is 5.73 Å². The van der Waals surface area contributed by atoms with E-state index in [9.17, 15) is 9.18 Å². The lowest BCUT2D eigenvalue weighted by Gasteiger charge is -2.11. The average molecular weight is 468 g/mol. The molecule has 2 heterocycles. The zero-order valence-corrected chi connectivity index (χ0v) is 19.5. The second-order valence-corrected chi connectivity index (χ2v) is 8.45. The molecule has 178 valence electrons. The van der Waals surface area contributed by atoms with Crippen molar-refractivity contribution in [2.45, 2.75) is 39.8 Å². The molecule has 0 aliphatic heterocycles. The molecule has 0 radical (unpaired) electrons. The van der Waals surface area contributed by atoms with Crippen LogP contribution in [0.5, 0.6) is 0 Å². The predicted octanol–water partition coefficient (Wildman–Crippen LogP) is 2.60. The quantitative estimate of drug-likeness (QED) is 0.217. The predicted molar refractivity (Wildman–Crippen MR) is 125 cm³/mol. The fourth-order valence-corrected chi connectivity index (χ4v) is 2.70. The second-order valence-electron chi connectivity index (χ2n) is 8.45. The molecule has 13 heteroatoms. The van der Waals surface area contributed by atoms with Crippen molar-refractivity contribution in [3.8, 4) is 11.4 Å². The largest absolute Gasteiger partial charge is 0.378 e. The molecule has 0 saturated carbocycles. The number of anilines is 2. The molecule has 0 spiro atoms. The molecule has 1 aromatic carbocycles. The van der Waals surface area contributed by atoms with Crippen molar-refractivity contribution in [1.29, 1.82) is 0 Å². The first-order valence-electron chi connectivity index (χ1n) is 10.3. The summed E-state index contributed by atoms with van der Waals surface area (Å²) < 4.78 is 16.5. The monoisotopic (exact) mass is 467 g/mol. The molecular weight excluding hydrogens is 441 g/mol. The smallest absolute Gasteiger partial charge is 0.288 e. The first-order valence-corrected chi connectivity index (χ1v) is 10.3. The van der Waals surface area contributed by atoms with Crippen molar-refractivity contribution >= 4 is 23.4 Å². The summed E-state index contributed by atoms with van der Waals surface area (Å²) in [6.45, 7) is 7.32. The van der Waals surface area contributed by atoms with E-state index in [1.54, 1.807) is 37.1 Å². The lowest BCUT2D eigenvalue weighted by Crippen LogP contribution is -2.35. The normalized spacial score (nSPS) is 12.2. The van der Waals surface area contributed by atoms with Gasteiger partial charge in [0.15, 0.2) is 5.82 Å². The summed E-state index contributed by atoms with van der Waals surface area (Å²) in [7, 11) is 1.78. The molecule has 3 aromatic rings. The molecule has 0 atom stereocenters. The number of hydrogen-bond acceptors (Lipinski definition) is 8. The van der Waals surface area contributed by atoms with Crippen LogP contribution < -0.4 is 16.4 Å². The average Bonchev–Trinajstić information content (AvgIpc) is 3.17. The number of nitrogens with one attached hydrogen (secondary N) is 2. The Morgan fingerprint density at radius 2 is 2.03 bits per heavy atom. The molecular formula is C21H26FN11O. The Balaban J connectivity index is 1.71. The fourth-order valence-electron chi connectivity index (χ4n) is 2.70. The molecule has 0 bridgehead atoms. The number of aromatic nitrogens is 5. The Morgan fingerprint density at radius 3 is 2.71 bits per heavy atom. The van der Waals surface area contributed by atoms with Gasteiger partial charge in [-0.05, 0) is 56.2 Å². The van der Waals surface area contributed by atoms with Gasteiger partial charge < -0.3 is 16.4 Å². The van der Waals surface area contributed by atoms with Gasteiger partial charge in [-0.1, -0.05) is 0 Å². The van der Waals surface area contributed by atoms with E-state index < -0.39 is 17.3 Å². The fraction of sp³-hybridized carbons (Fsp3) is 0.333. The third-order valence-corrected chi connectivity index (χ3v) is 4.37. The van der Waals surface area contributed by atoms with Gasteiger partial charge in [0.25, 0.3) is 5.91 Å². The Bertz CT molecular complexity index is 1240. The Hall–Kier alpha value is -4.29. The highest BCUT2D eigenvalue weighted by atomic mass is 19.1. The molecule has 4 N–H and O–H groups in total. The van der Waals surface area contributed by atoms with Crippen LogP contribution in [0.2, 0.25) is 0 Å². The lowest BCUT2D eigenvalue weighted by atomic mass is 10.0. The maximum absolute atomic E-state index is 14.9. The van der Waals surface area contributed by atoms with Crippen molar-refractivity contribution in [2.75, 3.05) is 5.32 Å². The van der Waals surface area contributed by atoms with Gasteiger partial charge in [-0.2, -0.15) is 15.2 Å². The van der Waals surface area contributed by atoms with E-state index in [0.717, 1.165) is 5.56 Å².